The zero-order chi connectivity index (χ0) is 43.6. The van der Waals surface area contributed by atoms with Crippen molar-refractivity contribution >= 4 is 21.8 Å². The molecule has 1 heteroatoms. The average Bonchev–Trinajstić information content (AvgIpc) is 3.81. The van der Waals surface area contributed by atoms with Crippen molar-refractivity contribution in [1.82, 2.24) is 4.57 Å². The van der Waals surface area contributed by atoms with Crippen LogP contribution >= 0.6 is 0 Å². The van der Waals surface area contributed by atoms with Gasteiger partial charge in [0, 0.05) is 16.3 Å². The van der Waals surface area contributed by atoms with Gasteiger partial charge in [-0.25, -0.2) is 0 Å². The Morgan fingerprint density at radius 2 is 0.800 bits per heavy atom. The van der Waals surface area contributed by atoms with Crippen molar-refractivity contribution in [3.63, 3.8) is 0 Å². The molecule has 0 amide bonds. The van der Waals surface area contributed by atoms with Gasteiger partial charge in [0.1, 0.15) is 0 Å². The summed E-state index contributed by atoms with van der Waals surface area (Å²) in [4.78, 5) is 0. The van der Waals surface area contributed by atoms with Crippen molar-refractivity contribution < 1.29 is 0 Å². The molecule has 0 unspecified atom stereocenters. The maximum absolute atomic E-state index is 2.53. The fourth-order valence-corrected chi connectivity index (χ4v) is 11.2. The van der Waals surface area contributed by atoms with Gasteiger partial charge >= 0.3 is 0 Å². The number of fused-ring (bicyclic) bond motifs is 15. The predicted octanol–water partition coefficient (Wildman–Crippen LogP) is 16.7. The molecule has 11 aromatic rings. The Bertz CT molecular complexity index is 3570. The largest absolute Gasteiger partial charge is 0.309 e. The summed E-state index contributed by atoms with van der Waals surface area (Å²) in [6.45, 7) is 6.50. The summed E-state index contributed by atoms with van der Waals surface area (Å²) in [5, 5.41) is 2.51. The number of nitrogens with zero attached hydrogens (tertiary/aromatic N) is 1. The van der Waals surface area contributed by atoms with Gasteiger partial charge in [-0.15, -0.1) is 0 Å². The highest BCUT2D eigenvalue weighted by molar-refractivity contribution is 6.11. The maximum Gasteiger partial charge on any atom is 0.0726 e. The Kier molecular flexibility index (Phi) is 9.14. The lowest BCUT2D eigenvalue weighted by Gasteiger charge is -2.35. The molecule has 1 heterocycles. The Hall–Kier alpha value is -8.00. The molecule has 65 heavy (non-hydrogen) atoms. The smallest absolute Gasteiger partial charge is 0.0726 e. The molecule has 308 valence electrons. The van der Waals surface area contributed by atoms with E-state index in [1.165, 1.54) is 122 Å². The van der Waals surface area contributed by atoms with Crippen LogP contribution in [0.15, 0.2) is 231 Å². The van der Waals surface area contributed by atoms with Crippen LogP contribution in [0.4, 0.5) is 0 Å². The molecule has 0 N–H and O–H groups in total. The van der Waals surface area contributed by atoms with E-state index in [1.807, 2.05) is 18.2 Å². The summed E-state index contributed by atoms with van der Waals surface area (Å²) in [5.74, 6) is 0. The highest BCUT2D eigenvalue weighted by Gasteiger charge is 2.50. The average molecular weight is 830 g/mol. The number of hydrogen-bond acceptors (Lipinski definition) is 0. The zero-order valence-corrected chi connectivity index (χ0v) is 36.9. The fraction of sp³-hybridized carbons (Fsp3) is 0.0625. The molecule has 0 fully saturated rings. The summed E-state index contributed by atoms with van der Waals surface area (Å²) >= 11 is 0. The van der Waals surface area contributed by atoms with Crippen LogP contribution in [0.3, 0.4) is 0 Å². The number of hydrogen-bond donors (Lipinski definition) is 0. The lowest BCUT2D eigenvalue weighted by atomic mass is 9.66. The Morgan fingerprint density at radius 1 is 0.308 bits per heavy atom. The second-order valence-electron chi connectivity index (χ2n) is 17.7. The maximum atomic E-state index is 2.53. The van der Waals surface area contributed by atoms with Crippen molar-refractivity contribution in [3.8, 4) is 61.3 Å². The summed E-state index contributed by atoms with van der Waals surface area (Å²) < 4.78 is 2.53. The van der Waals surface area contributed by atoms with Gasteiger partial charge in [-0.2, -0.15) is 0 Å². The summed E-state index contributed by atoms with van der Waals surface area (Å²) in [7, 11) is 0. The second kappa shape index (κ2) is 15.4. The monoisotopic (exact) mass is 829 g/mol. The van der Waals surface area contributed by atoms with Gasteiger partial charge in [-0.3, -0.25) is 0 Å². The molecule has 10 aromatic carbocycles. The molecule has 1 spiro atoms. The third-order valence-electron chi connectivity index (χ3n) is 14.1. The summed E-state index contributed by atoms with van der Waals surface area (Å²) in [6, 6.07) is 85.3. The molecule has 0 bridgehead atoms. The van der Waals surface area contributed by atoms with E-state index in [-0.39, 0.29) is 0 Å². The van der Waals surface area contributed by atoms with E-state index in [0.717, 1.165) is 0 Å². The van der Waals surface area contributed by atoms with Crippen LogP contribution in [0.2, 0.25) is 0 Å². The Morgan fingerprint density at radius 3 is 1.46 bits per heavy atom. The number of benzene rings is 10. The van der Waals surface area contributed by atoms with Gasteiger partial charge in [0.05, 0.1) is 22.1 Å². The first-order valence-electron chi connectivity index (χ1n) is 22.8. The van der Waals surface area contributed by atoms with Crippen molar-refractivity contribution in [2.45, 2.75) is 26.2 Å². The first kappa shape index (κ1) is 38.7. The van der Waals surface area contributed by atoms with E-state index in [4.69, 9.17) is 0 Å². The molecule has 1 aromatic heterocycles. The quantitative estimate of drug-likeness (QED) is 0.167. The zero-order valence-electron chi connectivity index (χ0n) is 36.9. The standard InChI is InChI=1S/C57H39N.C7H8/c1-36-16-3-4-17-40(36)47-34-38(31-30-37(47)2)39-32-33-54-48(35-39)45-22-10-14-28-53(45)58(54)55-29-15-27-52-56(55)46-23-9-13-26-51(46)57(52)49-24-11-7-20-43(49)41-18-5-6-19-42(41)44-21-8-12-25-50(44)57;1-7-5-3-2-4-6-7/h3-35H,1-2H3;2-6H,1H3. The first-order valence-corrected chi connectivity index (χ1v) is 22.8. The van der Waals surface area contributed by atoms with Crippen LogP contribution in [0.1, 0.15) is 38.9 Å². The molecule has 13 rings (SSSR count). The molecule has 2 aliphatic rings. The topological polar surface area (TPSA) is 4.93 Å². The van der Waals surface area contributed by atoms with Crippen molar-refractivity contribution in [2.75, 3.05) is 0 Å². The minimum Gasteiger partial charge on any atom is -0.309 e. The van der Waals surface area contributed by atoms with Crippen molar-refractivity contribution in [3.05, 3.63) is 269 Å². The van der Waals surface area contributed by atoms with E-state index in [2.05, 4.69) is 238 Å². The van der Waals surface area contributed by atoms with Crippen molar-refractivity contribution in [2.24, 2.45) is 0 Å². The van der Waals surface area contributed by atoms with Crippen LogP contribution < -0.4 is 0 Å². The fourth-order valence-electron chi connectivity index (χ4n) is 11.2. The van der Waals surface area contributed by atoms with Gasteiger partial charge in [-0.1, -0.05) is 206 Å². The predicted molar refractivity (Wildman–Crippen MR) is 274 cm³/mol. The molecule has 1 nitrogen and oxygen atoms in total. The minimum atomic E-state index is -0.527. The van der Waals surface area contributed by atoms with Gasteiger partial charge in [-0.05, 0) is 135 Å². The number of rotatable bonds is 3. The van der Waals surface area contributed by atoms with E-state index in [9.17, 15) is 0 Å². The molecular weight excluding hydrogens is 783 g/mol. The first-order chi connectivity index (χ1) is 32.0. The van der Waals surface area contributed by atoms with Gasteiger partial charge in [0.25, 0.3) is 0 Å². The number of aryl methyl sites for hydroxylation is 3. The molecule has 0 atom stereocenters. The Balaban J connectivity index is 0.000000583. The van der Waals surface area contributed by atoms with Crippen LogP contribution in [-0.2, 0) is 5.41 Å². The van der Waals surface area contributed by atoms with Crippen LogP contribution in [0, 0.1) is 20.8 Å². The van der Waals surface area contributed by atoms with Gasteiger partial charge < -0.3 is 4.57 Å². The molecule has 0 saturated heterocycles. The minimum absolute atomic E-state index is 0.527. The van der Waals surface area contributed by atoms with E-state index in [1.54, 1.807) is 0 Å². The van der Waals surface area contributed by atoms with Gasteiger partial charge in [0.15, 0.2) is 0 Å². The molecule has 0 aliphatic heterocycles. The van der Waals surface area contributed by atoms with Crippen LogP contribution in [0.25, 0.3) is 83.1 Å². The Labute approximate surface area is 381 Å². The molecule has 0 saturated carbocycles. The number of aromatic nitrogens is 1. The summed E-state index contributed by atoms with van der Waals surface area (Å²) in [6.07, 6.45) is 0. The lowest BCUT2D eigenvalue weighted by Crippen LogP contribution is -2.29. The third kappa shape index (κ3) is 5.93. The highest BCUT2D eigenvalue weighted by Crippen LogP contribution is 2.62. The van der Waals surface area contributed by atoms with Crippen LogP contribution in [0.5, 0.6) is 0 Å². The third-order valence-corrected chi connectivity index (χ3v) is 14.1. The van der Waals surface area contributed by atoms with Gasteiger partial charge in [0.2, 0.25) is 0 Å². The lowest BCUT2D eigenvalue weighted by molar-refractivity contribution is 0.775. The summed E-state index contributed by atoms with van der Waals surface area (Å²) in [5.41, 5.74) is 25.0. The second-order valence-corrected chi connectivity index (χ2v) is 17.7. The van der Waals surface area contributed by atoms with E-state index >= 15 is 0 Å². The van der Waals surface area contributed by atoms with E-state index in [0.29, 0.717) is 0 Å². The number of para-hydroxylation sites is 1. The molecular formula is C64H47N. The SMILES string of the molecule is Cc1ccccc1.Cc1ccccc1-c1cc(-c2ccc3c(c2)c2ccccc2n3-c2cccc3c2-c2ccccc2C32c3ccccc3-c3ccccc3-c3ccccc32)ccc1C. The normalized spacial score (nSPS) is 12.7. The van der Waals surface area contributed by atoms with E-state index < -0.39 is 5.41 Å². The molecule has 0 radical (unpaired) electrons. The molecule has 2 aliphatic carbocycles. The van der Waals surface area contributed by atoms with Crippen molar-refractivity contribution in [1.29, 1.82) is 0 Å². The highest BCUT2D eigenvalue weighted by atomic mass is 15.0. The van der Waals surface area contributed by atoms with Crippen LogP contribution in [-0.4, -0.2) is 4.57 Å².